The maximum absolute atomic E-state index is 13.1. The Morgan fingerprint density at radius 1 is 1.00 bits per heavy atom. The van der Waals surface area contributed by atoms with Crippen molar-refractivity contribution in [3.63, 3.8) is 0 Å². The summed E-state index contributed by atoms with van der Waals surface area (Å²) in [7, 11) is 0. The summed E-state index contributed by atoms with van der Waals surface area (Å²) >= 11 is 0. The molecular formula is C20H29FN2O. The third-order valence-electron chi connectivity index (χ3n) is 5.79. The fourth-order valence-corrected chi connectivity index (χ4v) is 4.12. The third kappa shape index (κ3) is 3.64. The molecule has 0 radical (unpaired) electrons. The molecule has 1 spiro atoms. The van der Waals surface area contributed by atoms with E-state index in [1.807, 2.05) is 4.90 Å². The Bertz CT molecular complexity index is 549. The predicted molar refractivity (Wildman–Crippen MR) is 95.6 cm³/mol. The summed E-state index contributed by atoms with van der Waals surface area (Å²) in [6.07, 6.45) is 8.06. The molecule has 1 aromatic rings. The van der Waals surface area contributed by atoms with Crippen LogP contribution in [0.5, 0.6) is 0 Å². The lowest BCUT2D eigenvalue weighted by molar-refractivity contribution is -0.128. The second-order valence-electron chi connectivity index (χ2n) is 7.37. The number of nitrogens with zero attached hydrogens (tertiary/aromatic N) is 2. The Balaban J connectivity index is 1.54. The predicted octanol–water partition coefficient (Wildman–Crippen LogP) is 4.22. The molecule has 4 heteroatoms. The lowest BCUT2D eigenvalue weighted by Gasteiger charge is -2.38. The molecule has 0 saturated carbocycles. The average Bonchev–Trinajstić information content (AvgIpc) is 2.91. The number of benzene rings is 1. The number of piperidine rings is 1. The van der Waals surface area contributed by atoms with Crippen LogP contribution in [0.4, 0.5) is 10.1 Å². The minimum absolute atomic E-state index is 0.172. The smallest absolute Gasteiger partial charge is 0.233 e. The van der Waals surface area contributed by atoms with Crippen LogP contribution in [0, 0.1) is 11.2 Å². The van der Waals surface area contributed by atoms with Crippen molar-refractivity contribution in [3.8, 4) is 0 Å². The molecular weight excluding hydrogens is 303 g/mol. The second-order valence-corrected chi connectivity index (χ2v) is 7.37. The quantitative estimate of drug-likeness (QED) is 0.728. The molecule has 0 unspecified atom stereocenters. The summed E-state index contributed by atoms with van der Waals surface area (Å²) in [4.78, 5) is 17.4. The zero-order valence-electron chi connectivity index (χ0n) is 14.8. The Kier molecular flexibility index (Phi) is 5.54. The van der Waals surface area contributed by atoms with Gasteiger partial charge in [-0.2, -0.15) is 0 Å². The van der Waals surface area contributed by atoms with Gasteiger partial charge in [-0.25, -0.2) is 4.39 Å². The molecule has 1 amide bonds. The molecule has 132 valence electrons. The van der Waals surface area contributed by atoms with Gasteiger partial charge in [-0.05, 0) is 69.6 Å². The van der Waals surface area contributed by atoms with Crippen molar-refractivity contribution in [1.29, 1.82) is 0 Å². The van der Waals surface area contributed by atoms with Crippen molar-refractivity contribution in [2.45, 2.75) is 51.9 Å². The van der Waals surface area contributed by atoms with E-state index in [0.717, 1.165) is 44.6 Å². The number of halogens is 1. The monoisotopic (exact) mass is 332 g/mol. The SMILES string of the molecule is CCCCCCN1CCC2(CC1)CCN(c1ccc(F)cc1)C2=O. The number of hydrogen-bond donors (Lipinski definition) is 0. The molecule has 3 rings (SSSR count). The van der Waals surface area contributed by atoms with E-state index in [1.54, 1.807) is 12.1 Å². The molecule has 0 aromatic heterocycles. The molecule has 1 aromatic carbocycles. The highest BCUT2D eigenvalue weighted by Gasteiger charge is 2.48. The Labute approximate surface area is 144 Å². The van der Waals surface area contributed by atoms with Crippen molar-refractivity contribution in [3.05, 3.63) is 30.1 Å². The van der Waals surface area contributed by atoms with Gasteiger partial charge in [0.25, 0.3) is 0 Å². The normalized spacial score (nSPS) is 20.9. The van der Waals surface area contributed by atoms with E-state index in [4.69, 9.17) is 0 Å². The fraction of sp³-hybridized carbons (Fsp3) is 0.650. The maximum Gasteiger partial charge on any atom is 0.233 e. The van der Waals surface area contributed by atoms with E-state index < -0.39 is 0 Å². The van der Waals surface area contributed by atoms with Gasteiger partial charge in [0.1, 0.15) is 5.82 Å². The minimum Gasteiger partial charge on any atom is -0.312 e. The zero-order valence-corrected chi connectivity index (χ0v) is 14.8. The van der Waals surface area contributed by atoms with Crippen LogP contribution >= 0.6 is 0 Å². The lowest BCUT2D eigenvalue weighted by Crippen LogP contribution is -2.45. The number of rotatable bonds is 6. The molecule has 2 heterocycles. The molecule has 0 bridgehead atoms. The molecule has 3 nitrogen and oxygen atoms in total. The Hall–Kier alpha value is -1.42. The van der Waals surface area contributed by atoms with Gasteiger partial charge >= 0.3 is 0 Å². The van der Waals surface area contributed by atoms with Gasteiger partial charge in [0.05, 0.1) is 5.41 Å². The van der Waals surface area contributed by atoms with E-state index in [-0.39, 0.29) is 17.1 Å². The minimum atomic E-state index is -0.253. The molecule has 2 aliphatic rings. The van der Waals surface area contributed by atoms with E-state index in [0.29, 0.717) is 0 Å². The van der Waals surface area contributed by atoms with E-state index in [1.165, 1.54) is 44.4 Å². The fourth-order valence-electron chi connectivity index (χ4n) is 4.12. The van der Waals surface area contributed by atoms with Crippen LogP contribution in [0.2, 0.25) is 0 Å². The summed E-state index contributed by atoms with van der Waals surface area (Å²) < 4.78 is 13.1. The Morgan fingerprint density at radius 2 is 1.67 bits per heavy atom. The first-order chi connectivity index (χ1) is 11.6. The van der Waals surface area contributed by atoms with Crippen LogP contribution in [0.3, 0.4) is 0 Å². The molecule has 0 N–H and O–H groups in total. The van der Waals surface area contributed by atoms with Gasteiger partial charge in [0.2, 0.25) is 5.91 Å². The first kappa shape index (κ1) is 17.4. The maximum atomic E-state index is 13.1. The van der Waals surface area contributed by atoms with Gasteiger partial charge in [-0.3, -0.25) is 4.79 Å². The van der Waals surface area contributed by atoms with Crippen LogP contribution < -0.4 is 4.90 Å². The summed E-state index contributed by atoms with van der Waals surface area (Å²) in [6.45, 7) is 6.25. The molecule has 0 atom stereocenters. The van der Waals surface area contributed by atoms with E-state index in [2.05, 4.69) is 11.8 Å². The van der Waals surface area contributed by atoms with Gasteiger partial charge in [0, 0.05) is 12.2 Å². The largest absolute Gasteiger partial charge is 0.312 e. The number of amides is 1. The summed E-state index contributed by atoms with van der Waals surface area (Å²) in [5.74, 6) is -0.00349. The number of unbranched alkanes of at least 4 members (excludes halogenated alkanes) is 3. The van der Waals surface area contributed by atoms with Crippen LogP contribution in [0.1, 0.15) is 51.9 Å². The first-order valence-corrected chi connectivity index (χ1v) is 9.44. The van der Waals surface area contributed by atoms with Gasteiger partial charge in [-0.1, -0.05) is 26.2 Å². The van der Waals surface area contributed by atoms with Crippen molar-refractivity contribution in [2.24, 2.45) is 5.41 Å². The van der Waals surface area contributed by atoms with Crippen molar-refractivity contribution in [1.82, 2.24) is 4.90 Å². The number of carbonyl (C=O) groups excluding carboxylic acids is 1. The van der Waals surface area contributed by atoms with Crippen LogP contribution in [0.25, 0.3) is 0 Å². The van der Waals surface area contributed by atoms with Crippen molar-refractivity contribution < 1.29 is 9.18 Å². The molecule has 2 aliphatic heterocycles. The second kappa shape index (κ2) is 7.64. The van der Waals surface area contributed by atoms with Crippen molar-refractivity contribution in [2.75, 3.05) is 31.1 Å². The molecule has 0 aliphatic carbocycles. The lowest BCUT2D eigenvalue weighted by atomic mass is 9.77. The highest BCUT2D eigenvalue weighted by Crippen LogP contribution is 2.43. The number of anilines is 1. The average molecular weight is 332 g/mol. The summed E-state index contributed by atoms with van der Waals surface area (Å²) in [5, 5.41) is 0. The highest BCUT2D eigenvalue weighted by molar-refractivity contribution is 5.99. The van der Waals surface area contributed by atoms with Crippen LogP contribution in [-0.4, -0.2) is 37.0 Å². The van der Waals surface area contributed by atoms with Gasteiger partial charge < -0.3 is 9.80 Å². The van der Waals surface area contributed by atoms with Crippen LogP contribution in [-0.2, 0) is 4.79 Å². The topological polar surface area (TPSA) is 23.6 Å². The third-order valence-corrected chi connectivity index (χ3v) is 5.79. The number of likely N-dealkylation sites (tertiary alicyclic amines) is 1. The number of carbonyl (C=O) groups is 1. The van der Waals surface area contributed by atoms with E-state index >= 15 is 0 Å². The molecule has 24 heavy (non-hydrogen) atoms. The summed E-state index contributed by atoms with van der Waals surface area (Å²) in [6, 6.07) is 6.31. The standard InChI is InChI=1S/C20H29FN2O/c1-2-3-4-5-13-22-14-10-20(11-15-22)12-16-23(19(20)24)18-8-6-17(21)7-9-18/h6-9H,2-5,10-16H2,1H3. The summed E-state index contributed by atoms with van der Waals surface area (Å²) in [5.41, 5.74) is 0.661. The molecule has 2 fully saturated rings. The zero-order chi connectivity index (χ0) is 17.0. The molecule has 2 saturated heterocycles. The van der Waals surface area contributed by atoms with Crippen LogP contribution in [0.15, 0.2) is 24.3 Å². The highest BCUT2D eigenvalue weighted by atomic mass is 19.1. The van der Waals surface area contributed by atoms with Gasteiger partial charge in [-0.15, -0.1) is 0 Å². The van der Waals surface area contributed by atoms with Gasteiger partial charge in [0.15, 0.2) is 0 Å². The number of hydrogen-bond acceptors (Lipinski definition) is 2. The first-order valence-electron chi connectivity index (χ1n) is 9.44. The Morgan fingerprint density at radius 3 is 2.33 bits per heavy atom. The van der Waals surface area contributed by atoms with E-state index in [9.17, 15) is 9.18 Å². The van der Waals surface area contributed by atoms with Crippen molar-refractivity contribution >= 4 is 11.6 Å².